The number of nitrogens with two attached hydrogens (primary N) is 1. The van der Waals surface area contributed by atoms with Crippen LogP contribution in [0.4, 0.5) is 0 Å². The summed E-state index contributed by atoms with van der Waals surface area (Å²) in [6.07, 6.45) is -0.274. The first kappa shape index (κ1) is 20.6. The number of benzene rings is 1. The predicted octanol–water partition coefficient (Wildman–Crippen LogP) is -0.960. The van der Waals surface area contributed by atoms with Gasteiger partial charge in [-0.05, 0) is 5.56 Å². The van der Waals surface area contributed by atoms with Gasteiger partial charge < -0.3 is 20.9 Å². The van der Waals surface area contributed by atoms with E-state index >= 15 is 0 Å². The fourth-order valence-corrected chi connectivity index (χ4v) is 1.74. The van der Waals surface area contributed by atoms with Crippen molar-refractivity contribution in [3.63, 3.8) is 0 Å². The molecule has 0 saturated heterocycles. The Bertz CT molecular complexity index is 509. The monoisotopic (exact) mass is 318 g/mol. The van der Waals surface area contributed by atoms with Crippen LogP contribution in [0.25, 0.3) is 0 Å². The molecule has 0 bridgehead atoms. The maximum absolute atomic E-state index is 11.8. The van der Waals surface area contributed by atoms with Crippen LogP contribution in [0, 0.1) is 0 Å². The van der Waals surface area contributed by atoms with Crippen LogP contribution >= 0.6 is 0 Å². The van der Waals surface area contributed by atoms with Crippen LogP contribution in [0.1, 0.15) is 12.0 Å². The molecule has 116 valence electrons. The van der Waals surface area contributed by atoms with E-state index in [0.717, 1.165) is 5.56 Å². The maximum atomic E-state index is 11.8. The zero-order chi connectivity index (χ0) is 15.8. The van der Waals surface area contributed by atoms with Crippen molar-refractivity contribution < 1.29 is 24.2 Å². The molecule has 0 aromatic heterocycles. The summed E-state index contributed by atoms with van der Waals surface area (Å²) in [5, 5.41) is 11.0. The van der Waals surface area contributed by atoms with Crippen LogP contribution in [-0.4, -0.2) is 71.7 Å². The third kappa shape index (κ3) is 7.04. The van der Waals surface area contributed by atoms with E-state index in [2.05, 4.69) is 10.1 Å². The quantitative estimate of drug-likeness (QED) is 0.440. The van der Waals surface area contributed by atoms with Crippen LogP contribution < -0.4 is 11.1 Å². The molecule has 0 heterocycles. The molecule has 0 aliphatic heterocycles. The number of carbonyl (C=O) groups is 3. The Morgan fingerprint density at radius 3 is 2.36 bits per heavy atom. The predicted molar refractivity (Wildman–Crippen MR) is 81.5 cm³/mol. The summed E-state index contributed by atoms with van der Waals surface area (Å²) < 4.78 is 4.64. The second kappa shape index (κ2) is 10.3. The van der Waals surface area contributed by atoms with Crippen molar-refractivity contribution in [2.75, 3.05) is 7.11 Å². The van der Waals surface area contributed by atoms with Crippen LogP contribution in [0.3, 0.4) is 0 Å². The number of hydrogen-bond acceptors (Lipinski definition) is 5. The van der Waals surface area contributed by atoms with E-state index in [9.17, 15) is 14.4 Å². The van der Waals surface area contributed by atoms with Crippen molar-refractivity contribution in [2.45, 2.75) is 24.9 Å². The standard InChI is InChI=1S/C14H18N2O5.Na.H/c1-21-14(20)11(7-9-5-3-2-4-6-9)16-13(19)10(15)8-12(17)18;;/h2-6,10-11H,7-8,15H2,1H3,(H,16,19)(H,17,18);;/t10-,11-;;/m0../s1. The van der Waals surface area contributed by atoms with Crippen molar-refractivity contribution in [2.24, 2.45) is 5.73 Å². The molecule has 1 rings (SSSR count). The number of ether oxygens (including phenoxy) is 1. The van der Waals surface area contributed by atoms with Gasteiger partial charge in [0.05, 0.1) is 19.6 Å². The number of rotatable bonds is 7. The number of nitrogens with one attached hydrogen (secondary N) is 1. The third-order valence-corrected chi connectivity index (χ3v) is 2.82. The zero-order valence-electron chi connectivity index (χ0n) is 11.6. The molecular weight excluding hydrogens is 299 g/mol. The van der Waals surface area contributed by atoms with E-state index in [4.69, 9.17) is 10.8 Å². The second-order valence-corrected chi connectivity index (χ2v) is 4.48. The number of carboxylic acid groups (broad SMARTS) is 1. The van der Waals surface area contributed by atoms with E-state index < -0.39 is 36.4 Å². The Morgan fingerprint density at radius 2 is 1.86 bits per heavy atom. The second-order valence-electron chi connectivity index (χ2n) is 4.48. The minimum absolute atomic E-state index is 0. The summed E-state index contributed by atoms with van der Waals surface area (Å²) in [5.74, 6) is -2.51. The molecule has 0 radical (unpaired) electrons. The summed E-state index contributed by atoms with van der Waals surface area (Å²) in [5.41, 5.74) is 6.29. The number of hydrogen-bond donors (Lipinski definition) is 3. The molecule has 1 amide bonds. The Kier molecular flexibility index (Phi) is 9.68. The van der Waals surface area contributed by atoms with Gasteiger partial charge in [0, 0.05) is 6.42 Å². The van der Waals surface area contributed by atoms with Crippen LogP contribution in [0.2, 0.25) is 0 Å². The fourth-order valence-electron chi connectivity index (χ4n) is 1.74. The fraction of sp³-hybridized carbons (Fsp3) is 0.357. The Hall–Kier alpha value is -1.41. The van der Waals surface area contributed by atoms with Crippen molar-refractivity contribution in [1.82, 2.24) is 5.32 Å². The van der Waals surface area contributed by atoms with Gasteiger partial charge in [0.2, 0.25) is 5.91 Å². The topological polar surface area (TPSA) is 119 Å². The van der Waals surface area contributed by atoms with Gasteiger partial charge in [0.25, 0.3) is 0 Å². The molecular formula is C14H19N2NaO5. The van der Waals surface area contributed by atoms with E-state index in [0.29, 0.717) is 0 Å². The first-order valence-corrected chi connectivity index (χ1v) is 6.33. The van der Waals surface area contributed by atoms with Crippen molar-refractivity contribution in [1.29, 1.82) is 0 Å². The molecule has 1 aromatic rings. The molecule has 7 nitrogen and oxygen atoms in total. The number of aliphatic carboxylic acids is 1. The summed E-state index contributed by atoms with van der Waals surface area (Å²) in [6, 6.07) is 6.93. The zero-order valence-corrected chi connectivity index (χ0v) is 11.6. The average molecular weight is 318 g/mol. The summed E-state index contributed by atoms with van der Waals surface area (Å²) >= 11 is 0. The molecule has 4 N–H and O–H groups in total. The van der Waals surface area contributed by atoms with E-state index in [1.54, 1.807) is 12.1 Å². The van der Waals surface area contributed by atoms with Crippen molar-refractivity contribution in [3.8, 4) is 0 Å². The molecule has 1 aromatic carbocycles. The molecule has 2 atom stereocenters. The summed E-state index contributed by atoms with van der Waals surface area (Å²) in [7, 11) is 1.21. The van der Waals surface area contributed by atoms with Crippen LogP contribution in [-0.2, 0) is 25.5 Å². The van der Waals surface area contributed by atoms with Gasteiger partial charge in [0.1, 0.15) is 6.04 Å². The molecule has 0 fully saturated rings. The normalized spacial score (nSPS) is 12.5. The Labute approximate surface area is 150 Å². The van der Waals surface area contributed by atoms with Gasteiger partial charge in [-0.3, -0.25) is 9.59 Å². The van der Waals surface area contributed by atoms with Gasteiger partial charge in [-0.25, -0.2) is 4.79 Å². The number of carbonyl (C=O) groups excluding carboxylic acids is 2. The molecule has 0 saturated carbocycles. The van der Waals surface area contributed by atoms with E-state index in [1.807, 2.05) is 18.2 Å². The molecule has 0 aliphatic rings. The van der Waals surface area contributed by atoms with Crippen molar-refractivity contribution in [3.05, 3.63) is 35.9 Å². The minimum atomic E-state index is -1.22. The summed E-state index contributed by atoms with van der Waals surface area (Å²) in [6.45, 7) is 0. The van der Waals surface area contributed by atoms with Gasteiger partial charge in [-0.1, -0.05) is 30.3 Å². The molecule has 0 unspecified atom stereocenters. The molecule has 22 heavy (non-hydrogen) atoms. The van der Waals surface area contributed by atoms with Gasteiger partial charge in [-0.2, -0.15) is 0 Å². The summed E-state index contributed by atoms with van der Waals surface area (Å²) in [4.78, 5) is 34.0. The number of amides is 1. The van der Waals surface area contributed by atoms with E-state index in [-0.39, 0.29) is 36.0 Å². The Morgan fingerprint density at radius 1 is 1.27 bits per heavy atom. The average Bonchev–Trinajstić information content (AvgIpc) is 2.46. The first-order valence-electron chi connectivity index (χ1n) is 6.33. The van der Waals surface area contributed by atoms with Gasteiger partial charge in [-0.15, -0.1) is 0 Å². The van der Waals surface area contributed by atoms with Gasteiger partial charge >= 0.3 is 41.5 Å². The first-order chi connectivity index (χ1) is 9.93. The third-order valence-electron chi connectivity index (χ3n) is 2.82. The van der Waals surface area contributed by atoms with Gasteiger partial charge in [0.15, 0.2) is 0 Å². The van der Waals surface area contributed by atoms with Crippen molar-refractivity contribution >= 4 is 47.4 Å². The number of methoxy groups -OCH3 is 1. The SMILES string of the molecule is COC(=O)[C@H](Cc1ccccc1)NC(=O)[C@@H](N)CC(=O)O.[NaH]. The molecule has 8 heteroatoms. The van der Waals surface area contributed by atoms with Crippen LogP contribution in [0.15, 0.2) is 30.3 Å². The Balaban J connectivity index is 0.00000441. The molecule has 0 spiro atoms. The number of esters is 1. The van der Waals surface area contributed by atoms with E-state index in [1.165, 1.54) is 7.11 Å². The van der Waals surface area contributed by atoms with Crippen LogP contribution in [0.5, 0.6) is 0 Å². The molecule has 0 aliphatic carbocycles. The number of carboxylic acids is 1.